The number of aromatic nitrogens is 2. The first kappa shape index (κ1) is 24.5. The van der Waals surface area contributed by atoms with E-state index in [-0.39, 0.29) is 19.4 Å². The molecule has 35 heavy (non-hydrogen) atoms. The molecule has 1 aliphatic heterocycles. The fourth-order valence-electron chi connectivity index (χ4n) is 4.15. The Balaban J connectivity index is 1.69. The first-order chi connectivity index (χ1) is 16.6. The molecule has 0 bridgehead atoms. The van der Waals surface area contributed by atoms with Gasteiger partial charge in [0.15, 0.2) is 0 Å². The van der Waals surface area contributed by atoms with Crippen molar-refractivity contribution in [1.82, 2.24) is 9.38 Å². The quantitative estimate of drug-likeness (QED) is 0.456. The predicted octanol–water partition coefficient (Wildman–Crippen LogP) is 4.92. The summed E-state index contributed by atoms with van der Waals surface area (Å²) in [6.45, 7) is 3.81. The van der Waals surface area contributed by atoms with Gasteiger partial charge in [0.1, 0.15) is 11.6 Å². The van der Waals surface area contributed by atoms with Gasteiger partial charge in [0.05, 0.1) is 24.1 Å². The Morgan fingerprint density at radius 2 is 2.06 bits per heavy atom. The van der Waals surface area contributed by atoms with E-state index >= 15 is 0 Å². The van der Waals surface area contributed by atoms with E-state index in [1.807, 2.05) is 35.6 Å². The maximum atomic E-state index is 12.8. The first-order valence-electron chi connectivity index (χ1n) is 11.1. The zero-order valence-electron chi connectivity index (χ0n) is 19.2. The molecule has 2 unspecified atom stereocenters. The van der Waals surface area contributed by atoms with E-state index < -0.39 is 30.2 Å². The van der Waals surface area contributed by atoms with E-state index in [1.165, 1.54) is 6.21 Å². The van der Waals surface area contributed by atoms with Crippen molar-refractivity contribution in [2.45, 2.75) is 50.9 Å². The molecule has 4 heterocycles. The smallest absolute Gasteiger partial charge is 0.414 e. The highest BCUT2D eigenvalue weighted by Gasteiger charge is 2.41. The summed E-state index contributed by atoms with van der Waals surface area (Å²) in [5, 5.41) is 20.8. The van der Waals surface area contributed by atoms with E-state index in [9.17, 15) is 23.1 Å². The van der Waals surface area contributed by atoms with Crippen molar-refractivity contribution in [3.05, 3.63) is 59.5 Å². The lowest BCUT2D eigenvalue weighted by Crippen LogP contribution is -2.35. The molecule has 0 saturated heterocycles. The van der Waals surface area contributed by atoms with Gasteiger partial charge in [-0.3, -0.25) is 4.98 Å². The third kappa shape index (κ3) is 5.24. The number of nitrogens with zero attached hydrogens (tertiary/aromatic N) is 5. The highest BCUT2D eigenvalue weighted by atomic mass is 19.4. The van der Waals surface area contributed by atoms with Crippen LogP contribution in [0.15, 0.2) is 58.2 Å². The van der Waals surface area contributed by atoms with Crippen LogP contribution in [0, 0.1) is 6.92 Å². The highest BCUT2D eigenvalue weighted by molar-refractivity contribution is 5.99. The standard InChI is InChI=1S/C24H24F3N5O3/c1-3-35-22(34)19-12-18-11-16(6-9-32(18)21(19)17-5-8-28-15(2)10-17)13-23(14-29-31-30-23)7-4-20(33)24(25,26)27/h5-6,8-12,14,20,33H,3-4,7,13H2,1-2H3. The third-order valence-corrected chi connectivity index (χ3v) is 5.84. The second kappa shape index (κ2) is 9.57. The number of aliphatic hydroxyl groups is 1. The van der Waals surface area contributed by atoms with Crippen LogP contribution in [0.25, 0.3) is 16.8 Å². The fourth-order valence-corrected chi connectivity index (χ4v) is 4.15. The Kier molecular flexibility index (Phi) is 6.70. The summed E-state index contributed by atoms with van der Waals surface area (Å²) >= 11 is 0. The summed E-state index contributed by atoms with van der Waals surface area (Å²) < 4.78 is 45.5. The monoisotopic (exact) mass is 487 g/mol. The molecule has 0 amide bonds. The molecule has 0 spiro atoms. The van der Waals surface area contributed by atoms with Crippen LogP contribution in [0.3, 0.4) is 0 Å². The van der Waals surface area contributed by atoms with Crippen molar-refractivity contribution in [3.8, 4) is 11.3 Å². The molecule has 184 valence electrons. The van der Waals surface area contributed by atoms with Gasteiger partial charge in [-0.25, -0.2) is 4.79 Å². The molecule has 2 atom stereocenters. The Labute approximate surface area is 199 Å². The topological polar surface area (TPSA) is 101 Å². The second-order valence-electron chi connectivity index (χ2n) is 8.45. The number of aryl methyl sites for hydroxylation is 1. The van der Waals surface area contributed by atoms with Crippen molar-refractivity contribution in [3.63, 3.8) is 0 Å². The Morgan fingerprint density at radius 3 is 2.71 bits per heavy atom. The number of alkyl halides is 3. The Morgan fingerprint density at radius 1 is 1.26 bits per heavy atom. The molecule has 8 nitrogen and oxygen atoms in total. The molecule has 0 saturated carbocycles. The average molecular weight is 487 g/mol. The average Bonchev–Trinajstić information content (AvgIpc) is 3.42. The minimum atomic E-state index is -4.70. The summed E-state index contributed by atoms with van der Waals surface area (Å²) in [6.07, 6.45) is -2.67. The first-order valence-corrected chi connectivity index (χ1v) is 11.1. The van der Waals surface area contributed by atoms with Crippen LogP contribution in [-0.4, -0.2) is 51.1 Å². The molecular formula is C24H24F3N5O3. The lowest BCUT2D eigenvalue weighted by atomic mass is 9.87. The number of halogens is 3. The number of carbonyl (C=O) groups is 1. The third-order valence-electron chi connectivity index (χ3n) is 5.84. The molecule has 3 aromatic rings. The van der Waals surface area contributed by atoms with Gasteiger partial charge in [0, 0.05) is 35.6 Å². The van der Waals surface area contributed by atoms with Crippen LogP contribution in [0.1, 0.15) is 41.4 Å². The van der Waals surface area contributed by atoms with Crippen LogP contribution >= 0.6 is 0 Å². The predicted molar refractivity (Wildman–Crippen MR) is 122 cm³/mol. The van der Waals surface area contributed by atoms with Crippen LogP contribution in [0.5, 0.6) is 0 Å². The van der Waals surface area contributed by atoms with Gasteiger partial charge in [-0.1, -0.05) is 0 Å². The van der Waals surface area contributed by atoms with Gasteiger partial charge in [0.2, 0.25) is 0 Å². The molecule has 0 aromatic carbocycles. The molecule has 0 fully saturated rings. The molecule has 4 rings (SSSR count). The van der Waals surface area contributed by atoms with Gasteiger partial charge in [-0.15, -0.1) is 5.10 Å². The number of ether oxygens (including phenoxy) is 1. The van der Waals surface area contributed by atoms with E-state index in [0.29, 0.717) is 16.8 Å². The SMILES string of the molecule is CCOC(=O)c1cc2cc(CC3(CCC(O)C(F)(F)F)C=NN=N3)ccn2c1-c1ccnc(C)c1. The number of fused-ring (bicyclic) bond motifs is 1. The lowest BCUT2D eigenvalue weighted by molar-refractivity contribution is -0.206. The number of hydrogen-bond acceptors (Lipinski definition) is 7. The van der Waals surface area contributed by atoms with Crippen LogP contribution in [-0.2, 0) is 11.2 Å². The minimum absolute atomic E-state index is 0.0809. The van der Waals surface area contributed by atoms with Crippen LogP contribution in [0.4, 0.5) is 13.2 Å². The van der Waals surface area contributed by atoms with Crippen molar-refractivity contribution in [2.75, 3.05) is 6.61 Å². The number of hydrogen-bond donors (Lipinski definition) is 1. The highest BCUT2D eigenvalue weighted by Crippen LogP contribution is 2.33. The van der Waals surface area contributed by atoms with Crippen molar-refractivity contribution < 1.29 is 27.8 Å². The molecule has 0 radical (unpaired) electrons. The minimum Gasteiger partial charge on any atom is -0.462 e. The van der Waals surface area contributed by atoms with Crippen LogP contribution in [0.2, 0.25) is 0 Å². The molecule has 1 aliphatic rings. The second-order valence-corrected chi connectivity index (χ2v) is 8.45. The Hall–Kier alpha value is -3.60. The number of pyridine rings is 2. The van der Waals surface area contributed by atoms with Crippen molar-refractivity contribution in [2.24, 2.45) is 15.4 Å². The van der Waals surface area contributed by atoms with E-state index in [1.54, 1.807) is 25.4 Å². The maximum Gasteiger partial charge on any atom is 0.414 e. The van der Waals surface area contributed by atoms with E-state index in [4.69, 9.17) is 4.74 Å². The number of esters is 1. The van der Waals surface area contributed by atoms with Gasteiger partial charge in [0.25, 0.3) is 0 Å². The molecule has 0 aliphatic carbocycles. The number of rotatable bonds is 8. The van der Waals surface area contributed by atoms with Crippen LogP contribution < -0.4 is 0 Å². The summed E-state index contributed by atoms with van der Waals surface area (Å²) in [7, 11) is 0. The number of aliphatic hydroxyl groups excluding tert-OH is 1. The van der Waals surface area contributed by atoms with E-state index in [0.717, 1.165) is 16.8 Å². The van der Waals surface area contributed by atoms with Crippen molar-refractivity contribution >= 4 is 17.7 Å². The summed E-state index contributed by atoms with van der Waals surface area (Å²) in [5.41, 5.74) is 3.00. The normalized spacial score (nSPS) is 18.3. The summed E-state index contributed by atoms with van der Waals surface area (Å²) in [4.78, 5) is 16.9. The molecule has 3 aromatic heterocycles. The van der Waals surface area contributed by atoms with Gasteiger partial charge >= 0.3 is 12.1 Å². The summed E-state index contributed by atoms with van der Waals surface area (Å²) in [5.74, 6) is -0.462. The fraction of sp³-hybridized carbons (Fsp3) is 0.375. The van der Waals surface area contributed by atoms with Gasteiger partial charge in [-0.05, 0) is 67.8 Å². The maximum absolute atomic E-state index is 12.8. The lowest BCUT2D eigenvalue weighted by Gasteiger charge is -2.23. The Bertz CT molecular complexity index is 1290. The molecule has 11 heteroatoms. The number of carbonyl (C=O) groups excluding carboxylic acids is 1. The molecule has 1 N–H and O–H groups in total. The van der Waals surface area contributed by atoms with Gasteiger partial charge in [-0.2, -0.15) is 18.3 Å². The zero-order chi connectivity index (χ0) is 25.2. The summed E-state index contributed by atoms with van der Waals surface area (Å²) in [6, 6.07) is 9.04. The van der Waals surface area contributed by atoms with Crippen molar-refractivity contribution in [1.29, 1.82) is 0 Å². The largest absolute Gasteiger partial charge is 0.462 e. The zero-order valence-corrected chi connectivity index (χ0v) is 19.2. The van der Waals surface area contributed by atoms with E-state index in [2.05, 4.69) is 20.4 Å². The van der Waals surface area contributed by atoms with Gasteiger partial charge < -0.3 is 14.2 Å². The molecular weight excluding hydrogens is 463 g/mol.